The van der Waals surface area contributed by atoms with Gasteiger partial charge >= 0.3 is 0 Å². The highest BCUT2D eigenvalue weighted by Crippen LogP contribution is 2.29. The first-order chi connectivity index (χ1) is 9.76. The molecule has 1 heterocycles. The zero-order valence-electron chi connectivity index (χ0n) is 12.4. The molecule has 0 fully saturated rings. The summed E-state index contributed by atoms with van der Waals surface area (Å²) in [5, 5.41) is 2.17. The van der Waals surface area contributed by atoms with Crippen LogP contribution in [0.4, 0.5) is 0 Å². The van der Waals surface area contributed by atoms with Crippen molar-refractivity contribution in [2.24, 2.45) is 5.73 Å². The van der Waals surface area contributed by atoms with Crippen molar-refractivity contribution in [1.29, 1.82) is 0 Å². The lowest BCUT2D eigenvalue weighted by molar-refractivity contribution is 0.195. The molecule has 0 aliphatic rings. The molecule has 1 atom stereocenters. The smallest absolute Gasteiger partial charge is 0.0569 e. The fourth-order valence-corrected chi connectivity index (χ4v) is 3.67. The zero-order chi connectivity index (χ0) is 14.4. The molecule has 0 aliphatic heterocycles. The summed E-state index contributed by atoms with van der Waals surface area (Å²) in [6.07, 6.45) is 1.15. The first-order valence-corrected chi connectivity index (χ1v) is 8.16. The lowest BCUT2D eigenvalue weighted by Gasteiger charge is -2.30. The second-order valence-electron chi connectivity index (χ2n) is 5.18. The van der Waals surface area contributed by atoms with Gasteiger partial charge in [-0.05, 0) is 42.5 Å². The van der Waals surface area contributed by atoms with E-state index in [9.17, 15) is 0 Å². The Morgan fingerprint density at radius 1 is 1.20 bits per heavy atom. The van der Waals surface area contributed by atoms with Gasteiger partial charge in [0.25, 0.3) is 0 Å². The van der Waals surface area contributed by atoms with Gasteiger partial charge < -0.3 is 5.73 Å². The maximum absolute atomic E-state index is 6.08. The molecule has 1 unspecified atom stereocenters. The van der Waals surface area contributed by atoms with Crippen LogP contribution in [-0.4, -0.2) is 18.0 Å². The molecule has 2 nitrogen and oxygen atoms in total. The van der Waals surface area contributed by atoms with Gasteiger partial charge in [0, 0.05) is 18.0 Å². The summed E-state index contributed by atoms with van der Waals surface area (Å²) in [4.78, 5) is 3.92. The Balaban J connectivity index is 2.20. The van der Waals surface area contributed by atoms with Gasteiger partial charge in [-0.25, -0.2) is 0 Å². The van der Waals surface area contributed by atoms with E-state index in [-0.39, 0.29) is 0 Å². The molecule has 0 amide bonds. The van der Waals surface area contributed by atoms with E-state index in [0.717, 1.165) is 19.5 Å². The largest absolute Gasteiger partial charge is 0.329 e. The van der Waals surface area contributed by atoms with Crippen LogP contribution in [0.2, 0.25) is 0 Å². The highest BCUT2D eigenvalue weighted by atomic mass is 32.1. The predicted octanol–water partition coefficient (Wildman–Crippen LogP) is 3.97. The Hall–Kier alpha value is -1.16. The second kappa shape index (κ2) is 7.58. The molecule has 20 heavy (non-hydrogen) atoms. The van der Waals surface area contributed by atoms with E-state index in [1.165, 1.54) is 16.0 Å². The summed E-state index contributed by atoms with van der Waals surface area (Å²) in [7, 11) is 0. The summed E-state index contributed by atoms with van der Waals surface area (Å²) in [6.45, 7) is 7.13. The molecule has 2 aromatic rings. The predicted molar refractivity (Wildman–Crippen MR) is 88.0 cm³/mol. The van der Waals surface area contributed by atoms with Crippen LogP contribution in [0, 0.1) is 6.92 Å². The molecule has 0 saturated carbocycles. The van der Waals surface area contributed by atoms with Gasteiger partial charge in [0.2, 0.25) is 0 Å². The van der Waals surface area contributed by atoms with Gasteiger partial charge in [-0.3, -0.25) is 4.90 Å². The third-order valence-electron chi connectivity index (χ3n) is 3.61. The minimum atomic E-state index is 0.329. The highest BCUT2D eigenvalue weighted by Gasteiger charge is 2.21. The maximum atomic E-state index is 6.08. The average Bonchev–Trinajstić information content (AvgIpc) is 2.87. The third-order valence-corrected chi connectivity index (χ3v) is 4.73. The number of hydrogen-bond donors (Lipinski definition) is 1. The van der Waals surface area contributed by atoms with Crippen LogP contribution in [0.25, 0.3) is 0 Å². The maximum Gasteiger partial charge on any atom is 0.0569 e. The topological polar surface area (TPSA) is 29.3 Å². The van der Waals surface area contributed by atoms with Crippen LogP contribution in [-0.2, 0) is 6.54 Å². The number of aryl methyl sites for hydroxylation is 1. The number of nitrogens with two attached hydrogens (primary N) is 1. The molecular formula is C17H24N2S. The lowest BCUT2D eigenvalue weighted by atomic mass is 10.1. The van der Waals surface area contributed by atoms with Crippen molar-refractivity contribution in [2.45, 2.75) is 32.9 Å². The molecule has 108 valence electrons. The monoisotopic (exact) mass is 288 g/mol. The molecule has 0 bridgehead atoms. The van der Waals surface area contributed by atoms with Crippen LogP contribution in [0.3, 0.4) is 0 Å². The second-order valence-corrected chi connectivity index (χ2v) is 6.12. The van der Waals surface area contributed by atoms with Crippen LogP contribution < -0.4 is 5.73 Å². The average molecular weight is 288 g/mol. The van der Waals surface area contributed by atoms with E-state index >= 15 is 0 Å². The van der Waals surface area contributed by atoms with Gasteiger partial charge in [-0.2, -0.15) is 0 Å². The molecule has 0 aliphatic carbocycles. The molecule has 0 spiro atoms. The van der Waals surface area contributed by atoms with Gasteiger partial charge in [0.05, 0.1) is 6.04 Å². The van der Waals surface area contributed by atoms with E-state index in [0.29, 0.717) is 12.6 Å². The Kier molecular flexibility index (Phi) is 5.77. The van der Waals surface area contributed by atoms with Crippen LogP contribution in [0.15, 0.2) is 41.8 Å². The molecule has 0 radical (unpaired) electrons. The number of nitrogens with zero attached hydrogens (tertiary/aromatic N) is 1. The van der Waals surface area contributed by atoms with Crippen molar-refractivity contribution >= 4 is 11.3 Å². The Morgan fingerprint density at radius 2 is 1.95 bits per heavy atom. The fourth-order valence-electron chi connectivity index (χ4n) is 2.60. The van der Waals surface area contributed by atoms with Crippen molar-refractivity contribution in [3.63, 3.8) is 0 Å². The van der Waals surface area contributed by atoms with Gasteiger partial charge in [-0.15, -0.1) is 11.3 Å². The van der Waals surface area contributed by atoms with Crippen molar-refractivity contribution in [3.05, 3.63) is 57.8 Å². The summed E-state index contributed by atoms with van der Waals surface area (Å²) >= 11 is 1.83. The first-order valence-electron chi connectivity index (χ1n) is 7.28. The number of rotatable bonds is 7. The standard InChI is InChI=1S/C17H24N2S/c1-3-10-19(13-15-7-5-4-6-8-15)16(12-18)17-14(2)9-11-20-17/h4-9,11,16H,3,10,12-13,18H2,1-2H3. The van der Waals surface area contributed by atoms with Gasteiger partial charge in [0.15, 0.2) is 0 Å². The van der Waals surface area contributed by atoms with E-state index in [1.807, 2.05) is 11.3 Å². The molecule has 1 aromatic carbocycles. The van der Waals surface area contributed by atoms with E-state index in [1.54, 1.807) is 0 Å². The van der Waals surface area contributed by atoms with E-state index in [4.69, 9.17) is 5.73 Å². The summed E-state index contributed by atoms with van der Waals surface area (Å²) in [5.74, 6) is 0. The minimum absolute atomic E-state index is 0.329. The van der Waals surface area contributed by atoms with E-state index in [2.05, 4.69) is 60.5 Å². The Morgan fingerprint density at radius 3 is 2.50 bits per heavy atom. The number of thiophene rings is 1. The van der Waals surface area contributed by atoms with Crippen molar-refractivity contribution in [3.8, 4) is 0 Å². The van der Waals surface area contributed by atoms with Crippen molar-refractivity contribution in [1.82, 2.24) is 4.90 Å². The van der Waals surface area contributed by atoms with Crippen LogP contribution in [0.5, 0.6) is 0 Å². The molecular weight excluding hydrogens is 264 g/mol. The van der Waals surface area contributed by atoms with E-state index < -0.39 is 0 Å². The Bertz CT molecular complexity index is 507. The minimum Gasteiger partial charge on any atom is -0.329 e. The normalized spacial score (nSPS) is 12.8. The molecule has 0 saturated heterocycles. The zero-order valence-corrected chi connectivity index (χ0v) is 13.2. The summed E-state index contributed by atoms with van der Waals surface area (Å²) in [5.41, 5.74) is 8.80. The number of benzene rings is 1. The highest BCUT2D eigenvalue weighted by molar-refractivity contribution is 7.10. The van der Waals surface area contributed by atoms with Crippen LogP contribution in [0.1, 0.15) is 35.4 Å². The number of hydrogen-bond acceptors (Lipinski definition) is 3. The van der Waals surface area contributed by atoms with Crippen molar-refractivity contribution in [2.75, 3.05) is 13.1 Å². The van der Waals surface area contributed by atoms with Crippen molar-refractivity contribution < 1.29 is 0 Å². The molecule has 2 N–H and O–H groups in total. The lowest BCUT2D eigenvalue weighted by Crippen LogP contribution is -2.33. The van der Waals surface area contributed by atoms with Gasteiger partial charge in [0.1, 0.15) is 0 Å². The SMILES string of the molecule is CCCN(Cc1ccccc1)C(CN)c1sccc1C. The summed E-state index contributed by atoms with van der Waals surface area (Å²) in [6, 6.07) is 13.2. The van der Waals surface area contributed by atoms with Gasteiger partial charge in [-0.1, -0.05) is 37.3 Å². The fraction of sp³-hybridized carbons (Fsp3) is 0.412. The first kappa shape index (κ1) is 15.2. The molecule has 2 rings (SSSR count). The third kappa shape index (κ3) is 3.69. The molecule has 1 aromatic heterocycles. The Labute approximate surface area is 126 Å². The summed E-state index contributed by atoms with van der Waals surface area (Å²) < 4.78 is 0. The van der Waals surface area contributed by atoms with Crippen LogP contribution >= 0.6 is 11.3 Å². The quantitative estimate of drug-likeness (QED) is 0.835. The molecule has 3 heteroatoms.